The van der Waals surface area contributed by atoms with Gasteiger partial charge < -0.3 is 5.32 Å². The maximum absolute atomic E-state index is 12.6. The molecule has 1 amide bonds. The smallest absolute Gasteiger partial charge is 0.252 e. The molecule has 0 radical (unpaired) electrons. The topological polar surface area (TPSA) is 92.7 Å². The molecule has 0 bridgehead atoms. The van der Waals surface area contributed by atoms with Crippen LogP contribution >= 0.6 is 0 Å². The number of nitrogens with zero attached hydrogens (tertiary/aromatic N) is 3. The number of nitrogens with one attached hydrogen (secondary N) is 2. The molecule has 0 saturated carbocycles. The van der Waals surface area contributed by atoms with Crippen LogP contribution in [0.2, 0.25) is 0 Å². The summed E-state index contributed by atoms with van der Waals surface area (Å²) in [5.74, 6) is 0.529. The molecule has 2 N–H and O–H groups in total. The summed E-state index contributed by atoms with van der Waals surface area (Å²) < 4.78 is 1.43. The summed E-state index contributed by atoms with van der Waals surface area (Å²) in [5, 5.41) is 7.20. The predicted molar refractivity (Wildman–Crippen MR) is 116 cm³/mol. The second kappa shape index (κ2) is 8.16. The third-order valence-electron chi connectivity index (χ3n) is 4.58. The zero-order valence-corrected chi connectivity index (χ0v) is 16.7. The second-order valence-electron chi connectivity index (χ2n) is 7.08. The van der Waals surface area contributed by atoms with Crippen molar-refractivity contribution in [1.82, 2.24) is 19.7 Å². The summed E-state index contributed by atoms with van der Waals surface area (Å²) in [7, 11) is 0. The number of aryl methyl sites for hydroxylation is 2. The maximum Gasteiger partial charge on any atom is 0.252 e. The van der Waals surface area contributed by atoms with E-state index in [1.165, 1.54) is 10.7 Å². The number of benzene rings is 2. The van der Waals surface area contributed by atoms with Crippen molar-refractivity contribution >= 4 is 11.7 Å². The molecule has 4 rings (SSSR count). The molecule has 0 fully saturated rings. The lowest BCUT2D eigenvalue weighted by Crippen LogP contribution is -2.20. The summed E-state index contributed by atoms with van der Waals surface area (Å²) in [5.41, 5.74) is 4.12. The number of rotatable bonds is 5. The number of aromatic nitrogens is 4. The monoisotopic (exact) mass is 399 g/mol. The van der Waals surface area contributed by atoms with Gasteiger partial charge in [-0.05, 0) is 30.5 Å². The van der Waals surface area contributed by atoms with E-state index in [4.69, 9.17) is 0 Å². The third kappa shape index (κ3) is 4.35. The summed E-state index contributed by atoms with van der Waals surface area (Å²) in [6, 6.07) is 21.1. The number of carbonyl (C=O) groups is 1. The number of anilines is 1. The average molecular weight is 399 g/mol. The number of H-pyrrole nitrogens is 1. The Hall–Kier alpha value is -4.00. The van der Waals surface area contributed by atoms with Crippen molar-refractivity contribution in [3.05, 3.63) is 94.0 Å². The Balaban J connectivity index is 1.50. The lowest BCUT2D eigenvalue weighted by molar-refractivity contribution is -0.115. The van der Waals surface area contributed by atoms with Crippen LogP contribution < -0.4 is 10.9 Å². The summed E-state index contributed by atoms with van der Waals surface area (Å²) in [4.78, 5) is 31.3. The third-order valence-corrected chi connectivity index (χ3v) is 4.58. The van der Waals surface area contributed by atoms with Gasteiger partial charge in [0, 0.05) is 17.8 Å². The number of hydrogen-bond donors (Lipinski definition) is 2. The Morgan fingerprint density at radius 1 is 0.967 bits per heavy atom. The first-order chi connectivity index (χ1) is 14.5. The Morgan fingerprint density at radius 2 is 1.67 bits per heavy atom. The number of hydrogen-bond acceptors (Lipinski definition) is 4. The maximum atomic E-state index is 12.6. The Bertz CT molecular complexity index is 1240. The molecule has 30 heavy (non-hydrogen) atoms. The van der Waals surface area contributed by atoms with Crippen molar-refractivity contribution in [2.45, 2.75) is 20.3 Å². The van der Waals surface area contributed by atoms with Crippen molar-refractivity contribution in [2.24, 2.45) is 0 Å². The highest BCUT2D eigenvalue weighted by molar-refractivity contribution is 5.91. The molecule has 2 heterocycles. The van der Waals surface area contributed by atoms with E-state index >= 15 is 0 Å². The average Bonchev–Trinajstić information content (AvgIpc) is 3.08. The second-order valence-corrected chi connectivity index (χ2v) is 7.08. The van der Waals surface area contributed by atoms with E-state index in [1.807, 2.05) is 49.4 Å². The van der Waals surface area contributed by atoms with E-state index in [-0.39, 0.29) is 23.8 Å². The van der Waals surface area contributed by atoms with Crippen molar-refractivity contribution in [3.8, 4) is 17.1 Å². The lowest BCUT2D eigenvalue weighted by Gasteiger charge is -2.09. The predicted octanol–water partition coefficient (Wildman–Crippen LogP) is 3.42. The van der Waals surface area contributed by atoms with Crippen LogP contribution in [0.1, 0.15) is 17.0 Å². The number of amides is 1. The largest absolute Gasteiger partial charge is 0.310 e. The summed E-state index contributed by atoms with van der Waals surface area (Å²) in [6.45, 7) is 3.54. The first kappa shape index (κ1) is 19.3. The zero-order chi connectivity index (χ0) is 21.1. The van der Waals surface area contributed by atoms with Crippen LogP contribution in [0.25, 0.3) is 17.1 Å². The van der Waals surface area contributed by atoms with Crippen molar-refractivity contribution < 1.29 is 4.79 Å². The van der Waals surface area contributed by atoms with E-state index in [9.17, 15) is 9.59 Å². The van der Waals surface area contributed by atoms with Crippen molar-refractivity contribution in [3.63, 3.8) is 0 Å². The van der Waals surface area contributed by atoms with Crippen LogP contribution in [0.5, 0.6) is 0 Å². The van der Waals surface area contributed by atoms with Crippen LogP contribution in [-0.2, 0) is 11.2 Å². The molecule has 2 aromatic carbocycles. The molecular formula is C23H21N5O2. The Labute approximate surface area is 173 Å². The minimum absolute atomic E-state index is 0.182. The van der Waals surface area contributed by atoms with E-state index in [0.29, 0.717) is 17.2 Å². The molecule has 0 aliphatic carbocycles. The summed E-state index contributed by atoms with van der Waals surface area (Å²) in [6.07, 6.45) is 0.219. The van der Waals surface area contributed by atoms with Gasteiger partial charge in [-0.3, -0.25) is 14.6 Å². The molecule has 7 heteroatoms. The van der Waals surface area contributed by atoms with Crippen LogP contribution in [-0.4, -0.2) is 25.7 Å². The molecule has 0 spiro atoms. The van der Waals surface area contributed by atoms with Gasteiger partial charge >= 0.3 is 0 Å². The lowest BCUT2D eigenvalue weighted by atomic mass is 10.0. The standard InChI is InChI=1S/C23H21N5O2/c1-15-13-21(29)26-23(24-15)28-20(12-16(2)27-28)25-22(30)14-17-8-10-19(11-9-17)18-6-4-3-5-7-18/h3-13H,14H2,1-2H3,(H,25,30)(H,24,26,29). The number of carbonyl (C=O) groups excluding carboxylic acids is 1. The molecule has 7 nitrogen and oxygen atoms in total. The first-order valence-electron chi connectivity index (χ1n) is 9.57. The molecule has 2 aromatic heterocycles. The van der Waals surface area contributed by atoms with E-state index in [2.05, 4.69) is 32.5 Å². The van der Waals surface area contributed by atoms with Gasteiger partial charge in [-0.15, -0.1) is 0 Å². The minimum Gasteiger partial charge on any atom is -0.310 e. The van der Waals surface area contributed by atoms with Gasteiger partial charge in [0.05, 0.1) is 12.1 Å². The highest BCUT2D eigenvalue weighted by Crippen LogP contribution is 2.20. The van der Waals surface area contributed by atoms with Crippen LogP contribution in [0.3, 0.4) is 0 Å². The fourth-order valence-corrected chi connectivity index (χ4v) is 3.23. The highest BCUT2D eigenvalue weighted by atomic mass is 16.1. The molecule has 0 atom stereocenters. The molecule has 0 unspecified atom stereocenters. The van der Waals surface area contributed by atoms with Gasteiger partial charge in [-0.1, -0.05) is 54.6 Å². The highest BCUT2D eigenvalue weighted by Gasteiger charge is 2.13. The summed E-state index contributed by atoms with van der Waals surface area (Å²) >= 11 is 0. The molecule has 0 aliphatic rings. The quantitative estimate of drug-likeness (QED) is 0.538. The van der Waals surface area contributed by atoms with Gasteiger partial charge in [-0.25, -0.2) is 4.98 Å². The van der Waals surface area contributed by atoms with Gasteiger partial charge in [0.2, 0.25) is 11.9 Å². The molecule has 0 aliphatic heterocycles. The van der Waals surface area contributed by atoms with Crippen LogP contribution in [0, 0.1) is 13.8 Å². The van der Waals surface area contributed by atoms with Crippen LogP contribution in [0.15, 0.2) is 71.5 Å². The van der Waals surface area contributed by atoms with Gasteiger partial charge in [-0.2, -0.15) is 9.78 Å². The Kier molecular flexibility index (Phi) is 5.26. The van der Waals surface area contributed by atoms with Crippen molar-refractivity contribution in [1.29, 1.82) is 0 Å². The van der Waals surface area contributed by atoms with E-state index in [0.717, 1.165) is 16.7 Å². The van der Waals surface area contributed by atoms with Gasteiger partial charge in [0.1, 0.15) is 5.82 Å². The fourth-order valence-electron chi connectivity index (χ4n) is 3.23. The molecule has 4 aromatic rings. The van der Waals surface area contributed by atoms with Gasteiger partial charge in [0.15, 0.2) is 0 Å². The normalized spacial score (nSPS) is 10.7. The Morgan fingerprint density at radius 3 is 2.37 bits per heavy atom. The van der Waals surface area contributed by atoms with E-state index < -0.39 is 0 Å². The van der Waals surface area contributed by atoms with Crippen molar-refractivity contribution in [2.75, 3.05) is 5.32 Å². The minimum atomic E-state index is -0.276. The first-order valence-corrected chi connectivity index (χ1v) is 9.57. The SMILES string of the molecule is Cc1cc(=O)[nH]c(-n2nc(C)cc2NC(=O)Cc2ccc(-c3ccccc3)cc2)n1. The molecule has 0 saturated heterocycles. The van der Waals surface area contributed by atoms with Gasteiger partial charge in [0.25, 0.3) is 5.56 Å². The van der Waals surface area contributed by atoms with Crippen LogP contribution in [0.4, 0.5) is 5.82 Å². The van der Waals surface area contributed by atoms with E-state index in [1.54, 1.807) is 13.0 Å². The number of aromatic amines is 1. The molecule has 150 valence electrons. The fraction of sp³-hybridized carbons (Fsp3) is 0.130. The zero-order valence-electron chi connectivity index (χ0n) is 16.7. The molecular weight excluding hydrogens is 378 g/mol.